The van der Waals surface area contributed by atoms with Gasteiger partial charge in [-0.25, -0.2) is 0 Å². The lowest BCUT2D eigenvalue weighted by Crippen LogP contribution is -2.39. The normalized spacial score (nSPS) is 17.9. The number of carbonyl (C=O) groups excluding carboxylic acids is 1. The van der Waals surface area contributed by atoms with Crippen LogP contribution in [0.5, 0.6) is 11.5 Å². The molecule has 0 aliphatic carbocycles. The number of ether oxygens (including phenoxy) is 2. The lowest BCUT2D eigenvalue weighted by atomic mass is 9.96. The van der Waals surface area contributed by atoms with Gasteiger partial charge in [0.05, 0.1) is 13.0 Å². The second kappa shape index (κ2) is 8.55. The van der Waals surface area contributed by atoms with Crippen LogP contribution in [0.4, 0.5) is 5.69 Å². The predicted molar refractivity (Wildman–Crippen MR) is 110 cm³/mol. The maximum absolute atomic E-state index is 12.6. The van der Waals surface area contributed by atoms with E-state index in [0.717, 1.165) is 36.6 Å². The van der Waals surface area contributed by atoms with Crippen molar-refractivity contribution in [2.75, 3.05) is 38.3 Å². The molecule has 0 unspecified atom stereocenters. The summed E-state index contributed by atoms with van der Waals surface area (Å²) in [6, 6.07) is 14.4. The molecule has 0 saturated carbocycles. The average molecular weight is 380 g/mol. The first kappa shape index (κ1) is 18.7. The summed E-state index contributed by atoms with van der Waals surface area (Å²) in [4.78, 5) is 15.0. The third-order valence-electron chi connectivity index (χ3n) is 5.66. The predicted octanol–water partition coefficient (Wildman–Crippen LogP) is 3.21. The molecule has 2 aromatic carbocycles. The van der Waals surface area contributed by atoms with Gasteiger partial charge in [0.1, 0.15) is 18.1 Å². The van der Waals surface area contributed by atoms with Crippen molar-refractivity contribution >= 4 is 11.6 Å². The van der Waals surface area contributed by atoms with E-state index in [1.165, 1.54) is 24.1 Å². The van der Waals surface area contributed by atoms with Crippen molar-refractivity contribution in [3.63, 3.8) is 0 Å². The van der Waals surface area contributed by atoms with Gasteiger partial charge in [-0.1, -0.05) is 24.3 Å². The van der Waals surface area contributed by atoms with E-state index in [2.05, 4.69) is 34.5 Å². The summed E-state index contributed by atoms with van der Waals surface area (Å²) >= 11 is 0. The molecular formula is C23H28N2O3. The molecule has 1 atom stereocenters. The highest BCUT2D eigenvalue weighted by molar-refractivity contribution is 5.79. The summed E-state index contributed by atoms with van der Waals surface area (Å²) in [6.45, 7) is 3.19. The summed E-state index contributed by atoms with van der Waals surface area (Å²) in [5.41, 5.74) is 3.86. The van der Waals surface area contributed by atoms with E-state index in [4.69, 9.17) is 9.47 Å². The van der Waals surface area contributed by atoms with Crippen LogP contribution in [-0.2, 0) is 17.6 Å². The van der Waals surface area contributed by atoms with Crippen LogP contribution >= 0.6 is 0 Å². The Labute approximate surface area is 166 Å². The average Bonchev–Trinajstić information content (AvgIpc) is 2.75. The Balaban J connectivity index is 1.24. The van der Waals surface area contributed by atoms with Crippen molar-refractivity contribution < 1.29 is 14.3 Å². The van der Waals surface area contributed by atoms with Gasteiger partial charge in [-0.2, -0.15) is 0 Å². The minimum Gasteiger partial charge on any atom is -0.497 e. The zero-order valence-electron chi connectivity index (χ0n) is 16.4. The SMILES string of the molecule is COc1ccc2c(c1)OC[C@H](C(=O)NCCCN1CCCc3ccccc31)C2. The Morgan fingerprint density at radius 2 is 2.14 bits per heavy atom. The van der Waals surface area contributed by atoms with Crippen LogP contribution in [0.3, 0.4) is 0 Å². The Bertz CT molecular complexity index is 836. The van der Waals surface area contributed by atoms with Crippen LogP contribution in [-0.4, -0.2) is 39.3 Å². The topological polar surface area (TPSA) is 50.8 Å². The molecule has 1 amide bonds. The zero-order valence-corrected chi connectivity index (χ0v) is 16.4. The maximum atomic E-state index is 12.6. The van der Waals surface area contributed by atoms with Crippen molar-refractivity contribution in [2.45, 2.75) is 25.7 Å². The summed E-state index contributed by atoms with van der Waals surface area (Å²) in [5.74, 6) is 1.56. The van der Waals surface area contributed by atoms with Crippen LogP contribution in [0.1, 0.15) is 24.0 Å². The number of aryl methyl sites for hydroxylation is 1. The summed E-state index contributed by atoms with van der Waals surface area (Å²) in [5, 5.41) is 3.10. The summed E-state index contributed by atoms with van der Waals surface area (Å²) in [6.07, 6.45) is 4.03. The van der Waals surface area contributed by atoms with Crippen LogP contribution < -0.4 is 19.7 Å². The fraction of sp³-hybridized carbons (Fsp3) is 0.435. The Morgan fingerprint density at radius 3 is 3.04 bits per heavy atom. The van der Waals surface area contributed by atoms with Gasteiger partial charge < -0.3 is 19.7 Å². The van der Waals surface area contributed by atoms with Gasteiger partial charge in [0.2, 0.25) is 5.91 Å². The fourth-order valence-corrected chi connectivity index (χ4v) is 4.12. The molecule has 2 heterocycles. The highest BCUT2D eigenvalue weighted by Gasteiger charge is 2.26. The van der Waals surface area contributed by atoms with Gasteiger partial charge in [-0.05, 0) is 48.9 Å². The van der Waals surface area contributed by atoms with Crippen molar-refractivity contribution in [1.29, 1.82) is 0 Å². The molecule has 0 radical (unpaired) electrons. The van der Waals surface area contributed by atoms with Crippen molar-refractivity contribution in [3.8, 4) is 11.5 Å². The molecule has 148 valence electrons. The van der Waals surface area contributed by atoms with E-state index in [9.17, 15) is 4.79 Å². The third-order valence-corrected chi connectivity index (χ3v) is 5.66. The summed E-state index contributed by atoms with van der Waals surface area (Å²) < 4.78 is 11.0. The van der Waals surface area contributed by atoms with E-state index in [0.29, 0.717) is 19.6 Å². The first-order valence-corrected chi connectivity index (χ1v) is 10.1. The molecule has 4 rings (SSSR count). The number of carbonyl (C=O) groups is 1. The molecule has 2 aromatic rings. The molecule has 5 heteroatoms. The minimum absolute atomic E-state index is 0.0838. The largest absolute Gasteiger partial charge is 0.497 e. The number of methoxy groups -OCH3 is 1. The molecule has 2 aliphatic rings. The van der Waals surface area contributed by atoms with Crippen LogP contribution in [0.15, 0.2) is 42.5 Å². The molecule has 0 fully saturated rings. The molecule has 5 nitrogen and oxygen atoms in total. The van der Waals surface area contributed by atoms with Gasteiger partial charge in [-0.3, -0.25) is 4.79 Å². The second-order valence-corrected chi connectivity index (χ2v) is 7.55. The monoisotopic (exact) mass is 380 g/mol. The highest BCUT2D eigenvalue weighted by atomic mass is 16.5. The van der Waals surface area contributed by atoms with Crippen molar-refractivity contribution in [1.82, 2.24) is 5.32 Å². The Morgan fingerprint density at radius 1 is 1.25 bits per heavy atom. The Hall–Kier alpha value is -2.69. The molecule has 0 spiro atoms. The number of anilines is 1. The smallest absolute Gasteiger partial charge is 0.226 e. The number of rotatable bonds is 6. The number of amides is 1. The van der Waals surface area contributed by atoms with Crippen molar-refractivity contribution in [2.24, 2.45) is 5.92 Å². The first-order chi connectivity index (χ1) is 13.7. The lowest BCUT2D eigenvalue weighted by Gasteiger charge is -2.31. The van der Waals surface area contributed by atoms with Gasteiger partial charge in [0.25, 0.3) is 0 Å². The second-order valence-electron chi connectivity index (χ2n) is 7.55. The van der Waals surface area contributed by atoms with Crippen LogP contribution in [0, 0.1) is 5.92 Å². The van der Waals surface area contributed by atoms with Gasteiger partial charge >= 0.3 is 0 Å². The third kappa shape index (κ3) is 4.08. The minimum atomic E-state index is -0.128. The van der Waals surface area contributed by atoms with Gasteiger partial charge in [0.15, 0.2) is 0 Å². The van der Waals surface area contributed by atoms with E-state index in [-0.39, 0.29) is 11.8 Å². The lowest BCUT2D eigenvalue weighted by molar-refractivity contribution is -0.126. The number of fused-ring (bicyclic) bond motifs is 2. The zero-order chi connectivity index (χ0) is 19.3. The molecule has 0 bridgehead atoms. The molecule has 1 N–H and O–H groups in total. The van der Waals surface area contributed by atoms with Crippen LogP contribution in [0.25, 0.3) is 0 Å². The number of benzene rings is 2. The molecular weight excluding hydrogens is 352 g/mol. The number of para-hydroxylation sites is 1. The Kier molecular flexibility index (Phi) is 5.70. The standard InChI is InChI=1S/C23H28N2O3/c1-27-20-10-9-18-14-19(16-28-22(18)15-20)23(26)24-11-5-13-25-12-4-7-17-6-2-3-8-21(17)25/h2-3,6,8-10,15,19H,4-5,7,11-14,16H2,1H3,(H,24,26)/t19-/m1/s1. The van der Waals surface area contributed by atoms with Gasteiger partial charge in [-0.15, -0.1) is 0 Å². The van der Waals surface area contributed by atoms with Crippen LogP contribution in [0.2, 0.25) is 0 Å². The molecule has 28 heavy (non-hydrogen) atoms. The first-order valence-electron chi connectivity index (χ1n) is 10.1. The molecule has 2 aliphatic heterocycles. The van der Waals surface area contributed by atoms with Crippen molar-refractivity contribution in [3.05, 3.63) is 53.6 Å². The highest BCUT2D eigenvalue weighted by Crippen LogP contribution is 2.31. The molecule has 0 saturated heterocycles. The molecule has 0 aromatic heterocycles. The van der Waals surface area contributed by atoms with E-state index in [1.807, 2.05) is 18.2 Å². The van der Waals surface area contributed by atoms with Gasteiger partial charge in [0, 0.05) is 31.4 Å². The maximum Gasteiger partial charge on any atom is 0.226 e. The number of nitrogens with zero attached hydrogens (tertiary/aromatic N) is 1. The quantitative estimate of drug-likeness (QED) is 0.782. The number of hydrogen-bond acceptors (Lipinski definition) is 4. The van der Waals surface area contributed by atoms with E-state index in [1.54, 1.807) is 7.11 Å². The fourth-order valence-electron chi connectivity index (χ4n) is 4.12. The number of nitrogens with one attached hydrogen (secondary N) is 1. The summed E-state index contributed by atoms with van der Waals surface area (Å²) in [7, 11) is 1.64. The van der Waals surface area contributed by atoms with E-state index < -0.39 is 0 Å². The number of hydrogen-bond donors (Lipinski definition) is 1. The van der Waals surface area contributed by atoms with E-state index >= 15 is 0 Å².